The second kappa shape index (κ2) is 7.27. The van der Waals surface area contributed by atoms with Crippen molar-refractivity contribution in [2.24, 2.45) is 5.92 Å². The molecule has 0 aliphatic carbocycles. The number of halogens is 5. The van der Waals surface area contributed by atoms with E-state index in [2.05, 4.69) is 5.32 Å². The van der Waals surface area contributed by atoms with Gasteiger partial charge in [-0.25, -0.2) is 4.79 Å². The number of ketones is 1. The van der Waals surface area contributed by atoms with Gasteiger partial charge in [-0.1, -0.05) is 59.6 Å². The molecule has 0 spiro atoms. The molecule has 0 radical (unpaired) electrons. The van der Waals surface area contributed by atoms with E-state index < -0.39 is 35.7 Å². The molecule has 148 valence electrons. The third-order valence-corrected chi connectivity index (χ3v) is 5.19. The molecular weight excluding hydrogens is 420 g/mol. The van der Waals surface area contributed by atoms with Crippen molar-refractivity contribution < 1.29 is 27.9 Å². The van der Waals surface area contributed by atoms with E-state index in [1.54, 1.807) is 6.07 Å². The standard InChI is InChI=1S/C18H13Cl2F3N2O3/c19-11-7-6-10(8-12(11)20)14-13(15(26)9-4-2-1-3-5-9)17(28,18(21,22)23)25-16(27)24-14/h1-8,13-14,28H,(H2,24,25,27)/t13-,14-,17-/m0/s1. The number of hydrogen-bond acceptors (Lipinski definition) is 3. The van der Waals surface area contributed by atoms with Crippen molar-refractivity contribution in [3.05, 3.63) is 69.7 Å². The summed E-state index contributed by atoms with van der Waals surface area (Å²) in [5.74, 6) is -3.13. The maximum absolute atomic E-state index is 13.8. The molecule has 1 fully saturated rings. The number of amides is 2. The lowest BCUT2D eigenvalue weighted by atomic mass is 9.77. The van der Waals surface area contributed by atoms with E-state index in [1.165, 1.54) is 47.8 Å². The van der Waals surface area contributed by atoms with E-state index in [9.17, 15) is 27.9 Å². The second-order valence-corrected chi connectivity index (χ2v) is 7.04. The molecule has 2 aromatic rings. The molecule has 3 N–H and O–H groups in total. The van der Waals surface area contributed by atoms with Crippen LogP contribution in [0.2, 0.25) is 10.0 Å². The number of carbonyl (C=O) groups excluding carboxylic acids is 2. The van der Waals surface area contributed by atoms with E-state index >= 15 is 0 Å². The van der Waals surface area contributed by atoms with Gasteiger partial charge in [0, 0.05) is 5.56 Å². The fraction of sp³-hybridized carbons (Fsp3) is 0.222. The summed E-state index contributed by atoms with van der Waals surface area (Å²) in [4.78, 5) is 24.9. The molecule has 1 heterocycles. The van der Waals surface area contributed by atoms with Crippen molar-refractivity contribution in [1.29, 1.82) is 0 Å². The Hall–Kier alpha value is -2.29. The highest BCUT2D eigenvalue weighted by Crippen LogP contribution is 2.44. The number of carbonyl (C=O) groups is 2. The molecule has 0 bridgehead atoms. The van der Waals surface area contributed by atoms with Gasteiger partial charge in [-0.3, -0.25) is 4.79 Å². The van der Waals surface area contributed by atoms with Crippen LogP contribution in [0, 0.1) is 5.92 Å². The summed E-state index contributed by atoms with van der Waals surface area (Å²) < 4.78 is 41.3. The van der Waals surface area contributed by atoms with Crippen molar-refractivity contribution >= 4 is 35.0 Å². The summed E-state index contributed by atoms with van der Waals surface area (Å²) in [6.07, 6.45) is -5.33. The molecule has 2 aromatic carbocycles. The van der Waals surface area contributed by atoms with Crippen LogP contribution in [0.15, 0.2) is 48.5 Å². The Morgan fingerprint density at radius 2 is 1.71 bits per heavy atom. The lowest BCUT2D eigenvalue weighted by Crippen LogP contribution is -2.72. The van der Waals surface area contributed by atoms with Crippen LogP contribution in [-0.4, -0.2) is 28.8 Å². The van der Waals surface area contributed by atoms with E-state index in [1.807, 2.05) is 0 Å². The number of rotatable bonds is 3. The number of alkyl halides is 3. The molecule has 3 rings (SSSR count). The molecule has 0 saturated carbocycles. The molecule has 0 aromatic heterocycles. The van der Waals surface area contributed by atoms with E-state index in [-0.39, 0.29) is 21.2 Å². The molecular formula is C18H13Cl2F3N2O3. The summed E-state index contributed by atoms with van der Waals surface area (Å²) in [6.45, 7) is 0. The van der Waals surface area contributed by atoms with E-state index in [0.717, 1.165) is 0 Å². The number of hydrogen-bond donors (Lipinski definition) is 3. The predicted octanol–water partition coefficient (Wildman–Crippen LogP) is 4.10. The second-order valence-electron chi connectivity index (χ2n) is 6.22. The Balaban J connectivity index is 2.18. The zero-order chi connectivity index (χ0) is 20.7. The van der Waals surface area contributed by atoms with Crippen LogP contribution in [0.5, 0.6) is 0 Å². The SMILES string of the molecule is O=C1N[C@@H](c2ccc(Cl)c(Cl)c2)[C@@H](C(=O)c2ccccc2)[C@](O)(C(F)(F)F)N1. The predicted molar refractivity (Wildman–Crippen MR) is 96.1 cm³/mol. The number of aliphatic hydroxyl groups is 1. The Morgan fingerprint density at radius 1 is 1.07 bits per heavy atom. The molecule has 2 amide bonds. The third kappa shape index (κ3) is 3.55. The monoisotopic (exact) mass is 432 g/mol. The van der Waals surface area contributed by atoms with Gasteiger partial charge in [-0.15, -0.1) is 0 Å². The molecule has 3 atom stereocenters. The number of urea groups is 1. The van der Waals surface area contributed by atoms with Gasteiger partial charge in [-0.2, -0.15) is 13.2 Å². The van der Waals surface area contributed by atoms with Crippen LogP contribution in [0.3, 0.4) is 0 Å². The average Bonchev–Trinajstić information content (AvgIpc) is 2.63. The normalized spacial score (nSPS) is 25.0. The molecule has 5 nitrogen and oxygen atoms in total. The van der Waals surface area contributed by atoms with Crippen LogP contribution in [0.1, 0.15) is 22.0 Å². The summed E-state index contributed by atoms with van der Waals surface area (Å²) in [7, 11) is 0. The zero-order valence-electron chi connectivity index (χ0n) is 13.9. The first-order valence-electron chi connectivity index (χ1n) is 7.96. The maximum atomic E-state index is 13.8. The molecule has 1 aliphatic rings. The van der Waals surface area contributed by atoms with Gasteiger partial charge in [0.15, 0.2) is 5.78 Å². The first-order chi connectivity index (χ1) is 13.0. The van der Waals surface area contributed by atoms with Crippen molar-refractivity contribution in [3.8, 4) is 0 Å². The Bertz CT molecular complexity index is 924. The number of nitrogens with one attached hydrogen (secondary N) is 2. The smallest absolute Gasteiger partial charge is 0.363 e. The maximum Gasteiger partial charge on any atom is 0.437 e. The number of Topliss-reactive ketones (excluding diaryl/α,β-unsaturated/α-hetero) is 1. The van der Waals surface area contributed by atoms with Crippen LogP contribution in [0.25, 0.3) is 0 Å². The minimum absolute atomic E-state index is 0.0217. The van der Waals surface area contributed by atoms with Gasteiger partial charge < -0.3 is 15.7 Å². The summed E-state index contributed by atoms with van der Waals surface area (Å²) in [6, 6.07) is 8.27. The third-order valence-electron chi connectivity index (χ3n) is 4.45. The van der Waals surface area contributed by atoms with Gasteiger partial charge in [0.1, 0.15) is 5.92 Å². The minimum Gasteiger partial charge on any atom is -0.363 e. The first kappa shape index (κ1) is 20.4. The van der Waals surface area contributed by atoms with E-state index in [0.29, 0.717) is 0 Å². The van der Waals surface area contributed by atoms with Gasteiger partial charge >= 0.3 is 12.2 Å². The lowest BCUT2D eigenvalue weighted by molar-refractivity contribution is -0.287. The Labute approximate surface area is 167 Å². The van der Waals surface area contributed by atoms with Crippen LogP contribution < -0.4 is 10.6 Å². The molecule has 1 aliphatic heterocycles. The van der Waals surface area contributed by atoms with Crippen molar-refractivity contribution in [1.82, 2.24) is 10.6 Å². The van der Waals surface area contributed by atoms with Crippen LogP contribution >= 0.6 is 23.2 Å². The van der Waals surface area contributed by atoms with Crippen molar-refractivity contribution in [2.45, 2.75) is 17.9 Å². The fourth-order valence-electron chi connectivity index (χ4n) is 3.10. The Kier molecular flexibility index (Phi) is 5.31. The molecule has 10 heteroatoms. The van der Waals surface area contributed by atoms with Crippen LogP contribution in [0.4, 0.5) is 18.0 Å². The number of benzene rings is 2. The van der Waals surface area contributed by atoms with Gasteiger partial charge in [-0.05, 0) is 17.7 Å². The summed E-state index contributed by atoms with van der Waals surface area (Å²) >= 11 is 11.8. The highest BCUT2D eigenvalue weighted by Gasteiger charge is 2.66. The van der Waals surface area contributed by atoms with Gasteiger partial charge in [0.2, 0.25) is 5.72 Å². The average molecular weight is 433 g/mol. The fourth-order valence-corrected chi connectivity index (χ4v) is 3.41. The van der Waals surface area contributed by atoms with Crippen LogP contribution in [-0.2, 0) is 0 Å². The van der Waals surface area contributed by atoms with Gasteiger partial charge in [0.05, 0.1) is 16.1 Å². The quantitative estimate of drug-likeness (QED) is 0.638. The van der Waals surface area contributed by atoms with Crippen molar-refractivity contribution in [2.75, 3.05) is 0 Å². The zero-order valence-corrected chi connectivity index (χ0v) is 15.4. The molecule has 1 saturated heterocycles. The Morgan fingerprint density at radius 3 is 2.29 bits per heavy atom. The summed E-state index contributed by atoms with van der Waals surface area (Å²) in [5.41, 5.74) is -3.77. The highest BCUT2D eigenvalue weighted by molar-refractivity contribution is 6.42. The highest BCUT2D eigenvalue weighted by atomic mass is 35.5. The first-order valence-corrected chi connectivity index (χ1v) is 8.72. The van der Waals surface area contributed by atoms with E-state index in [4.69, 9.17) is 23.2 Å². The van der Waals surface area contributed by atoms with Crippen molar-refractivity contribution in [3.63, 3.8) is 0 Å². The summed E-state index contributed by atoms with van der Waals surface area (Å²) in [5, 5.41) is 14.3. The lowest BCUT2D eigenvalue weighted by Gasteiger charge is -2.45. The molecule has 28 heavy (non-hydrogen) atoms. The topological polar surface area (TPSA) is 78.4 Å². The minimum atomic E-state index is -5.33. The largest absolute Gasteiger partial charge is 0.437 e. The molecule has 0 unspecified atom stereocenters. The van der Waals surface area contributed by atoms with Gasteiger partial charge in [0.25, 0.3) is 0 Å².